The Hall–Kier alpha value is -0.670. The van der Waals surface area contributed by atoms with Crippen molar-refractivity contribution in [1.29, 1.82) is 0 Å². The number of nitrogens with zero attached hydrogens (tertiary/aromatic N) is 1. The number of hydrogen-bond donors (Lipinski definition) is 1. The third-order valence-corrected chi connectivity index (χ3v) is 7.83. The Morgan fingerprint density at radius 1 is 1.09 bits per heavy atom. The molecule has 1 N–H and O–H groups in total. The van der Waals surface area contributed by atoms with Crippen LogP contribution >= 0.6 is 0 Å². The molecule has 1 amide bonds. The van der Waals surface area contributed by atoms with E-state index in [1.54, 1.807) is 4.90 Å². The smallest absolute Gasteiger partial charge is 0.224 e. The molecule has 2 aliphatic heterocycles. The quantitative estimate of drug-likeness (QED) is 0.671. The molecule has 2 saturated heterocycles. The van der Waals surface area contributed by atoms with Crippen molar-refractivity contribution in [1.82, 2.24) is 10.2 Å². The number of sulfone groups is 2. The molecule has 0 radical (unpaired) electrons. The number of amides is 1. The number of carbonyl (C=O) groups is 1. The zero-order valence-electron chi connectivity index (χ0n) is 12.8. The molecular formula is C13H24N2O5S2. The average Bonchev–Trinajstić information content (AvgIpc) is 2.93. The Balaban J connectivity index is 1.78. The van der Waals surface area contributed by atoms with Gasteiger partial charge >= 0.3 is 0 Å². The number of carbonyl (C=O) groups excluding carboxylic acids is 1. The summed E-state index contributed by atoms with van der Waals surface area (Å²) in [6, 6.07) is -0.283. The summed E-state index contributed by atoms with van der Waals surface area (Å²) >= 11 is 0. The van der Waals surface area contributed by atoms with Crippen LogP contribution in [0.4, 0.5) is 0 Å². The van der Waals surface area contributed by atoms with Crippen molar-refractivity contribution in [3.63, 3.8) is 0 Å². The molecule has 7 nitrogen and oxygen atoms in total. The second kappa shape index (κ2) is 6.84. The van der Waals surface area contributed by atoms with Crippen LogP contribution in [0.3, 0.4) is 0 Å². The normalized spacial score (nSPS) is 29.5. The Kier molecular flexibility index (Phi) is 5.50. The zero-order valence-corrected chi connectivity index (χ0v) is 14.5. The van der Waals surface area contributed by atoms with E-state index in [1.807, 2.05) is 6.92 Å². The second-order valence-electron chi connectivity index (χ2n) is 6.04. The minimum absolute atomic E-state index is 0.0564. The van der Waals surface area contributed by atoms with Crippen molar-refractivity contribution in [2.45, 2.75) is 38.3 Å². The summed E-state index contributed by atoms with van der Waals surface area (Å²) in [5, 5.41) is 3.11. The summed E-state index contributed by atoms with van der Waals surface area (Å²) in [5.74, 6) is 0.484. The molecule has 2 aliphatic rings. The fourth-order valence-electron chi connectivity index (χ4n) is 3.14. The zero-order chi connectivity index (χ0) is 16.4. The fourth-order valence-corrected chi connectivity index (χ4v) is 6.58. The molecule has 0 aliphatic carbocycles. The van der Waals surface area contributed by atoms with E-state index >= 15 is 0 Å². The summed E-state index contributed by atoms with van der Waals surface area (Å²) in [4.78, 5) is 13.9. The van der Waals surface area contributed by atoms with E-state index < -0.39 is 19.7 Å². The lowest BCUT2D eigenvalue weighted by Gasteiger charge is -2.27. The van der Waals surface area contributed by atoms with Gasteiger partial charge in [-0.05, 0) is 19.8 Å². The first kappa shape index (κ1) is 17.7. The second-order valence-corrected chi connectivity index (χ2v) is 10.5. The van der Waals surface area contributed by atoms with E-state index in [4.69, 9.17) is 0 Å². The van der Waals surface area contributed by atoms with Crippen LogP contribution in [-0.4, -0.2) is 75.8 Å². The molecule has 0 aromatic heterocycles. The Bertz CT molecular complexity index is 614. The van der Waals surface area contributed by atoms with E-state index in [0.717, 1.165) is 0 Å². The van der Waals surface area contributed by atoms with Gasteiger partial charge in [-0.25, -0.2) is 16.8 Å². The largest absolute Gasteiger partial charge is 0.339 e. The predicted octanol–water partition coefficient (Wildman–Crippen LogP) is -0.811. The van der Waals surface area contributed by atoms with Gasteiger partial charge in [0.05, 0.1) is 23.0 Å². The molecule has 0 saturated carbocycles. The van der Waals surface area contributed by atoms with Gasteiger partial charge in [-0.3, -0.25) is 4.79 Å². The maximum absolute atomic E-state index is 12.2. The standard InChI is InChI=1S/C13H24N2O5S2/c1-2-15(12-5-8-22(19,20)10-12)13(16)3-6-14-11-4-7-21(17,18)9-11/h11-12,14H,2-10H2,1H3. The summed E-state index contributed by atoms with van der Waals surface area (Å²) < 4.78 is 45.8. The van der Waals surface area contributed by atoms with Crippen molar-refractivity contribution in [2.75, 3.05) is 36.1 Å². The molecule has 0 spiro atoms. The van der Waals surface area contributed by atoms with Crippen LogP contribution in [0.25, 0.3) is 0 Å². The van der Waals surface area contributed by atoms with Gasteiger partial charge in [0, 0.05) is 31.6 Å². The van der Waals surface area contributed by atoms with E-state index in [2.05, 4.69) is 5.32 Å². The molecule has 0 bridgehead atoms. The maximum atomic E-state index is 12.2. The molecule has 2 rings (SSSR count). The lowest BCUT2D eigenvalue weighted by molar-refractivity contribution is -0.132. The predicted molar refractivity (Wildman–Crippen MR) is 84.1 cm³/mol. The van der Waals surface area contributed by atoms with Crippen molar-refractivity contribution in [3.8, 4) is 0 Å². The van der Waals surface area contributed by atoms with Crippen molar-refractivity contribution in [3.05, 3.63) is 0 Å². The Morgan fingerprint density at radius 2 is 1.73 bits per heavy atom. The molecule has 9 heteroatoms. The third-order valence-electron chi connectivity index (χ3n) is 4.31. The summed E-state index contributed by atoms with van der Waals surface area (Å²) in [6.07, 6.45) is 1.37. The molecule has 2 atom stereocenters. The van der Waals surface area contributed by atoms with Crippen LogP contribution in [-0.2, 0) is 24.5 Å². The topological polar surface area (TPSA) is 101 Å². The van der Waals surface area contributed by atoms with Crippen molar-refractivity contribution >= 4 is 25.6 Å². The van der Waals surface area contributed by atoms with Crippen LogP contribution in [0.1, 0.15) is 26.2 Å². The van der Waals surface area contributed by atoms with Crippen molar-refractivity contribution < 1.29 is 21.6 Å². The van der Waals surface area contributed by atoms with Gasteiger partial charge < -0.3 is 10.2 Å². The Morgan fingerprint density at radius 3 is 2.23 bits per heavy atom. The highest BCUT2D eigenvalue weighted by Gasteiger charge is 2.34. The minimum atomic E-state index is -3.01. The Labute approximate surface area is 132 Å². The van der Waals surface area contributed by atoms with E-state index in [9.17, 15) is 21.6 Å². The SMILES string of the molecule is CCN(C(=O)CCNC1CCS(=O)(=O)C1)C1CCS(=O)(=O)C1. The number of rotatable bonds is 6. The molecule has 2 heterocycles. The van der Waals surface area contributed by atoms with E-state index in [1.165, 1.54) is 0 Å². The van der Waals surface area contributed by atoms with Gasteiger partial charge in [-0.15, -0.1) is 0 Å². The van der Waals surface area contributed by atoms with Gasteiger partial charge in [-0.1, -0.05) is 0 Å². The third kappa shape index (κ3) is 4.66. The molecular weight excluding hydrogens is 328 g/mol. The van der Waals surface area contributed by atoms with Crippen LogP contribution in [0, 0.1) is 0 Å². The first-order valence-electron chi connectivity index (χ1n) is 7.66. The van der Waals surface area contributed by atoms with Gasteiger partial charge in [0.15, 0.2) is 19.7 Å². The monoisotopic (exact) mass is 352 g/mol. The molecule has 2 unspecified atom stereocenters. The van der Waals surface area contributed by atoms with Crippen LogP contribution in [0.2, 0.25) is 0 Å². The highest BCUT2D eigenvalue weighted by Crippen LogP contribution is 2.18. The maximum Gasteiger partial charge on any atom is 0.224 e. The van der Waals surface area contributed by atoms with Gasteiger partial charge in [0.1, 0.15) is 0 Å². The lowest BCUT2D eigenvalue weighted by Crippen LogP contribution is -2.42. The number of hydrogen-bond acceptors (Lipinski definition) is 6. The van der Waals surface area contributed by atoms with E-state index in [-0.39, 0.29) is 47.4 Å². The van der Waals surface area contributed by atoms with Gasteiger partial charge in [0.25, 0.3) is 0 Å². The highest BCUT2D eigenvalue weighted by atomic mass is 32.2. The summed E-state index contributed by atoms with van der Waals surface area (Å²) in [5.41, 5.74) is 0. The summed E-state index contributed by atoms with van der Waals surface area (Å²) in [7, 11) is -5.92. The summed E-state index contributed by atoms with van der Waals surface area (Å²) in [6.45, 7) is 2.77. The fraction of sp³-hybridized carbons (Fsp3) is 0.923. The minimum Gasteiger partial charge on any atom is -0.339 e. The molecule has 128 valence electrons. The highest BCUT2D eigenvalue weighted by molar-refractivity contribution is 7.91. The number of nitrogens with one attached hydrogen (secondary N) is 1. The first-order chi connectivity index (χ1) is 10.2. The molecule has 2 fully saturated rings. The first-order valence-corrected chi connectivity index (χ1v) is 11.3. The van der Waals surface area contributed by atoms with E-state index in [0.29, 0.717) is 25.9 Å². The average molecular weight is 352 g/mol. The van der Waals surface area contributed by atoms with Crippen LogP contribution in [0.15, 0.2) is 0 Å². The lowest BCUT2D eigenvalue weighted by atomic mass is 10.2. The van der Waals surface area contributed by atoms with Gasteiger partial charge in [0.2, 0.25) is 5.91 Å². The molecule has 0 aromatic carbocycles. The molecule has 22 heavy (non-hydrogen) atoms. The van der Waals surface area contributed by atoms with Gasteiger partial charge in [-0.2, -0.15) is 0 Å². The van der Waals surface area contributed by atoms with Crippen molar-refractivity contribution in [2.24, 2.45) is 0 Å². The molecule has 0 aromatic rings. The van der Waals surface area contributed by atoms with Crippen LogP contribution < -0.4 is 5.32 Å². The van der Waals surface area contributed by atoms with Crippen LogP contribution in [0.5, 0.6) is 0 Å².